The predicted molar refractivity (Wildman–Crippen MR) is 92.0 cm³/mol. The van der Waals surface area contributed by atoms with Gasteiger partial charge < -0.3 is 10.2 Å². The van der Waals surface area contributed by atoms with E-state index in [2.05, 4.69) is 5.32 Å². The van der Waals surface area contributed by atoms with Crippen molar-refractivity contribution in [3.63, 3.8) is 0 Å². The highest BCUT2D eigenvalue weighted by Crippen LogP contribution is 2.25. The molecule has 124 valence electrons. The van der Waals surface area contributed by atoms with Crippen molar-refractivity contribution < 1.29 is 14.0 Å². The van der Waals surface area contributed by atoms with Gasteiger partial charge in [-0.25, -0.2) is 4.39 Å². The first-order valence-corrected chi connectivity index (χ1v) is 8.09. The van der Waals surface area contributed by atoms with E-state index in [0.29, 0.717) is 18.7 Å². The molecule has 2 aromatic carbocycles. The first-order chi connectivity index (χ1) is 11.5. The van der Waals surface area contributed by atoms with Crippen LogP contribution in [0.3, 0.4) is 0 Å². The van der Waals surface area contributed by atoms with E-state index in [1.165, 1.54) is 12.1 Å². The van der Waals surface area contributed by atoms with Gasteiger partial charge in [0.1, 0.15) is 5.82 Å². The van der Waals surface area contributed by atoms with Crippen molar-refractivity contribution in [3.8, 4) is 0 Å². The highest BCUT2D eigenvalue weighted by Gasteiger charge is 2.20. The smallest absolute Gasteiger partial charge is 0.257 e. The van der Waals surface area contributed by atoms with Gasteiger partial charge >= 0.3 is 0 Å². The van der Waals surface area contributed by atoms with Gasteiger partial charge in [0.25, 0.3) is 5.91 Å². The second-order valence-corrected chi connectivity index (χ2v) is 6.04. The number of benzene rings is 2. The number of nitrogens with zero attached hydrogens (tertiary/aromatic N) is 1. The molecule has 0 aromatic heterocycles. The van der Waals surface area contributed by atoms with Gasteiger partial charge in [0.05, 0.1) is 10.6 Å². The number of rotatable bonds is 3. The van der Waals surface area contributed by atoms with Crippen molar-refractivity contribution in [2.45, 2.75) is 19.3 Å². The lowest BCUT2D eigenvalue weighted by atomic mass is 10.1. The molecule has 2 amide bonds. The molecule has 1 aliphatic heterocycles. The molecule has 1 fully saturated rings. The molecule has 0 unspecified atom stereocenters. The first-order valence-electron chi connectivity index (χ1n) is 7.71. The van der Waals surface area contributed by atoms with Gasteiger partial charge in [0.2, 0.25) is 5.91 Å². The zero-order valence-electron chi connectivity index (χ0n) is 12.9. The van der Waals surface area contributed by atoms with Gasteiger partial charge in [-0.3, -0.25) is 9.59 Å². The van der Waals surface area contributed by atoms with E-state index in [0.717, 1.165) is 24.6 Å². The summed E-state index contributed by atoms with van der Waals surface area (Å²) in [5, 5.41) is 2.78. The Morgan fingerprint density at radius 3 is 2.75 bits per heavy atom. The lowest BCUT2D eigenvalue weighted by Gasteiger charge is -2.27. The topological polar surface area (TPSA) is 49.4 Å². The number of halogens is 2. The summed E-state index contributed by atoms with van der Waals surface area (Å²) in [7, 11) is 0. The summed E-state index contributed by atoms with van der Waals surface area (Å²) < 4.78 is 13.1. The minimum absolute atomic E-state index is 0.0508. The number of amides is 2. The van der Waals surface area contributed by atoms with Crippen LogP contribution in [0.5, 0.6) is 0 Å². The Balaban J connectivity index is 1.79. The number of anilines is 2. The Labute approximate surface area is 144 Å². The average molecular weight is 347 g/mol. The lowest BCUT2D eigenvalue weighted by Crippen LogP contribution is -2.35. The second-order valence-electron chi connectivity index (χ2n) is 5.63. The van der Waals surface area contributed by atoms with Gasteiger partial charge in [0, 0.05) is 24.3 Å². The van der Waals surface area contributed by atoms with Gasteiger partial charge in [-0.15, -0.1) is 0 Å². The summed E-state index contributed by atoms with van der Waals surface area (Å²) in [6, 6.07) is 10.7. The largest absolute Gasteiger partial charge is 0.322 e. The number of hydrogen-bond donors (Lipinski definition) is 1. The summed E-state index contributed by atoms with van der Waals surface area (Å²) in [5.41, 5.74) is 1.50. The van der Waals surface area contributed by atoms with Gasteiger partial charge in [-0.2, -0.15) is 0 Å². The molecule has 3 rings (SSSR count). The molecule has 0 aliphatic carbocycles. The zero-order valence-corrected chi connectivity index (χ0v) is 13.6. The lowest BCUT2D eigenvalue weighted by molar-refractivity contribution is -0.119. The van der Waals surface area contributed by atoms with Crippen LogP contribution in [0.1, 0.15) is 29.6 Å². The zero-order chi connectivity index (χ0) is 17.1. The van der Waals surface area contributed by atoms with E-state index in [-0.39, 0.29) is 16.5 Å². The third kappa shape index (κ3) is 3.57. The molecular weight excluding hydrogens is 331 g/mol. The van der Waals surface area contributed by atoms with Gasteiger partial charge in [-0.05, 0) is 49.2 Å². The Morgan fingerprint density at radius 1 is 1.17 bits per heavy atom. The first kappa shape index (κ1) is 16.5. The van der Waals surface area contributed by atoms with Gasteiger partial charge in [-0.1, -0.05) is 17.7 Å². The maximum Gasteiger partial charge on any atom is 0.257 e. The van der Waals surface area contributed by atoms with Gasteiger partial charge in [0.15, 0.2) is 0 Å². The fraction of sp³-hybridized carbons (Fsp3) is 0.222. The highest BCUT2D eigenvalue weighted by atomic mass is 35.5. The van der Waals surface area contributed by atoms with E-state index >= 15 is 0 Å². The number of piperidine rings is 1. The molecule has 0 bridgehead atoms. The third-order valence-corrected chi connectivity index (χ3v) is 4.23. The van der Waals surface area contributed by atoms with Crippen LogP contribution in [-0.2, 0) is 4.79 Å². The second kappa shape index (κ2) is 7.01. The van der Waals surface area contributed by atoms with E-state index in [1.54, 1.807) is 23.1 Å². The molecule has 0 radical (unpaired) electrons. The minimum Gasteiger partial charge on any atom is -0.322 e. The average Bonchev–Trinajstić information content (AvgIpc) is 2.55. The quantitative estimate of drug-likeness (QED) is 0.903. The molecule has 4 nitrogen and oxygen atoms in total. The molecule has 24 heavy (non-hydrogen) atoms. The van der Waals surface area contributed by atoms with Crippen molar-refractivity contribution in [2.24, 2.45) is 0 Å². The monoisotopic (exact) mass is 346 g/mol. The van der Waals surface area contributed by atoms with Crippen LogP contribution in [0.2, 0.25) is 5.02 Å². The van der Waals surface area contributed by atoms with E-state index in [9.17, 15) is 14.0 Å². The summed E-state index contributed by atoms with van der Waals surface area (Å²) >= 11 is 5.91. The molecule has 1 saturated heterocycles. The maximum atomic E-state index is 13.1. The van der Waals surface area contributed by atoms with Crippen molar-refractivity contribution in [3.05, 3.63) is 58.9 Å². The van der Waals surface area contributed by atoms with Crippen LogP contribution in [0.4, 0.5) is 15.8 Å². The van der Waals surface area contributed by atoms with Crippen LogP contribution < -0.4 is 10.2 Å². The Hall–Kier alpha value is -2.40. The van der Waals surface area contributed by atoms with Crippen molar-refractivity contribution in [2.75, 3.05) is 16.8 Å². The molecule has 6 heteroatoms. The Bertz CT molecular complexity index is 794. The Morgan fingerprint density at radius 2 is 2.00 bits per heavy atom. The molecule has 0 spiro atoms. The van der Waals surface area contributed by atoms with Crippen LogP contribution >= 0.6 is 11.6 Å². The standard InChI is InChI=1S/C18H16ClFN2O2/c19-16-10-12(20)7-8-15(16)18(24)21-13-4-3-5-14(11-13)22-9-2-1-6-17(22)23/h3-5,7-8,10-11H,1-2,6,9H2,(H,21,24). The van der Waals surface area contributed by atoms with Crippen LogP contribution in [0, 0.1) is 5.82 Å². The van der Waals surface area contributed by atoms with Crippen molar-refractivity contribution in [1.82, 2.24) is 0 Å². The number of carbonyl (C=O) groups excluding carboxylic acids is 2. The molecule has 1 heterocycles. The van der Waals surface area contributed by atoms with Crippen LogP contribution in [-0.4, -0.2) is 18.4 Å². The summed E-state index contributed by atoms with van der Waals surface area (Å²) in [5.74, 6) is -0.837. The SMILES string of the molecule is O=C(Nc1cccc(N2CCCCC2=O)c1)c1ccc(F)cc1Cl. The normalized spacial score (nSPS) is 14.6. The fourth-order valence-corrected chi connectivity index (χ4v) is 2.96. The highest BCUT2D eigenvalue weighted by molar-refractivity contribution is 6.34. The number of carbonyl (C=O) groups is 2. The molecule has 0 saturated carbocycles. The molecular formula is C18H16ClFN2O2. The number of nitrogens with one attached hydrogen (secondary N) is 1. The molecule has 0 atom stereocenters. The molecule has 2 aromatic rings. The van der Waals surface area contributed by atoms with E-state index < -0.39 is 11.7 Å². The summed E-state index contributed by atoms with van der Waals surface area (Å²) in [4.78, 5) is 26.0. The van der Waals surface area contributed by atoms with E-state index in [4.69, 9.17) is 11.6 Å². The fourth-order valence-electron chi connectivity index (χ4n) is 2.70. The maximum absolute atomic E-state index is 13.1. The Kier molecular flexibility index (Phi) is 4.81. The summed E-state index contributed by atoms with van der Waals surface area (Å²) in [6.45, 7) is 0.681. The molecule has 1 N–H and O–H groups in total. The van der Waals surface area contributed by atoms with Crippen LogP contribution in [0.15, 0.2) is 42.5 Å². The minimum atomic E-state index is -0.498. The third-order valence-electron chi connectivity index (χ3n) is 3.91. The van der Waals surface area contributed by atoms with Crippen LogP contribution in [0.25, 0.3) is 0 Å². The summed E-state index contributed by atoms with van der Waals surface area (Å²) in [6.07, 6.45) is 2.42. The van der Waals surface area contributed by atoms with E-state index in [1.807, 2.05) is 6.07 Å². The predicted octanol–water partition coefficient (Wildman–Crippen LogP) is 4.25. The number of hydrogen-bond acceptors (Lipinski definition) is 2. The van der Waals surface area contributed by atoms with Crippen molar-refractivity contribution >= 4 is 34.8 Å². The van der Waals surface area contributed by atoms with Crippen molar-refractivity contribution in [1.29, 1.82) is 0 Å². The molecule has 1 aliphatic rings.